The van der Waals surface area contributed by atoms with Gasteiger partial charge in [-0.3, -0.25) is 33.9 Å². The lowest BCUT2D eigenvalue weighted by Gasteiger charge is -2.35. The van der Waals surface area contributed by atoms with Crippen LogP contribution in [0.3, 0.4) is 0 Å². The molecule has 1 aromatic heterocycles. The van der Waals surface area contributed by atoms with E-state index in [2.05, 4.69) is 20.2 Å². The van der Waals surface area contributed by atoms with Gasteiger partial charge in [0.15, 0.2) is 0 Å². The number of aromatic nitrogens is 2. The number of amides is 3. The third-order valence-corrected chi connectivity index (χ3v) is 6.98. The Labute approximate surface area is 214 Å². The molecular weight excluding hydrogens is 472 g/mol. The Hall–Kier alpha value is -3.89. The van der Waals surface area contributed by atoms with Crippen LogP contribution in [0.15, 0.2) is 59.5 Å². The number of benzene rings is 2. The van der Waals surface area contributed by atoms with Crippen molar-refractivity contribution in [3.05, 3.63) is 76.2 Å². The molecule has 3 aromatic rings. The second kappa shape index (κ2) is 11.0. The standard InChI is InChI=1S/C27H30N6O4/c34-23(28-10-4-12-33-24(35)9-3-11-29-33)19-31-15-13-30(14-16-31)17-18-32-26(36)21-7-1-5-20-6-2-8-22(25(20)21)27(32)37/h1-3,5-9,11H,4,10,12-19H2,(H,28,34). The molecule has 1 N–H and O–H groups in total. The van der Waals surface area contributed by atoms with E-state index in [4.69, 9.17) is 0 Å². The molecule has 0 radical (unpaired) electrons. The first kappa shape index (κ1) is 24.8. The van der Waals surface area contributed by atoms with Gasteiger partial charge in [0.25, 0.3) is 17.4 Å². The number of piperazine rings is 1. The smallest absolute Gasteiger partial charge is 0.266 e. The monoisotopic (exact) mass is 502 g/mol. The van der Waals surface area contributed by atoms with E-state index in [9.17, 15) is 19.2 Å². The van der Waals surface area contributed by atoms with Crippen LogP contribution in [-0.2, 0) is 11.3 Å². The van der Waals surface area contributed by atoms with E-state index in [0.717, 1.165) is 37.0 Å². The number of carbonyl (C=O) groups excluding carboxylic acids is 3. The highest BCUT2D eigenvalue weighted by Gasteiger charge is 2.32. The summed E-state index contributed by atoms with van der Waals surface area (Å²) in [6.07, 6.45) is 2.20. The summed E-state index contributed by atoms with van der Waals surface area (Å²) < 4.78 is 1.38. The molecule has 0 spiro atoms. The van der Waals surface area contributed by atoms with Gasteiger partial charge in [-0.05, 0) is 30.0 Å². The second-order valence-electron chi connectivity index (χ2n) is 9.38. The Morgan fingerprint density at radius 2 is 1.49 bits per heavy atom. The van der Waals surface area contributed by atoms with Crippen LogP contribution in [-0.4, -0.2) is 94.6 Å². The molecule has 2 aliphatic heterocycles. The topological polar surface area (TPSA) is 108 Å². The van der Waals surface area contributed by atoms with E-state index in [1.807, 2.05) is 24.3 Å². The predicted molar refractivity (Wildman–Crippen MR) is 138 cm³/mol. The van der Waals surface area contributed by atoms with Crippen molar-refractivity contribution >= 4 is 28.5 Å². The number of aryl methyl sites for hydroxylation is 1. The Bertz CT molecular complexity index is 1330. The van der Waals surface area contributed by atoms with E-state index in [1.54, 1.807) is 24.4 Å². The van der Waals surface area contributed by atoms with Crippen molar-refractivity contribution < 1.29 is 14.4 Å². The highest BCUT2D eigenvalue weighted by atomic mass is 16.2. The van der Waals surface area contributed by atoms with Gasteiger partial charge in [0, 0.05) is 81.1 Å². The molecule has 1 fully saturated rings. The zero-order valence-electron chi connectivity index (χ0n) is 20.6. The molecular formula is C27H30N6O4. The van der Waals surface area contributed by atoms with Crippen LogP contribution in [0.5, 0.6) is 0 Å². The predicted octanol–water partition coefficient (Wildman–Crippen LogP) is 0.817. The van der Waals surface area contributed by atoms with Gasteiger partial charge in [-0.2, -0.15) is 5.10 Å². The van der Waals surface area contributed by atoms with Crippen LogP contribution in [0, 0.1) is 0 Å². The molecule has 0 atom stereocenters. The highest BCUT2D eigenvalue weighted by Crippen LogP contribution is 2.29. The summed E-state index contributed by atoms with van der Waals surface area (Å²) in [6, 6.07) is 14.2. The number of nitrogens with one attached hydrogen (secondary N) is 1. The lowest BCUT2D eigenvalue weighted by atomic mass is 9.94. The van der Waals surface area contributed by atoms with Crippen LogP contribution in [0.4, 0.5) is 0 Å². The number of hydrogen-bond acceptors (Lipinski definition) is 7. The molecule has 37 heavy (non-hydrogen) atoms. The molecule has 0 saturated carbocycles. The first-order valence-corrected chi connectivity index (χ1v) is 12.6. The SMILES string of the molecule is O=C(CN1CCN(CCN2C(=O)c3cccc4cccc(c34)C2=O)CC1)NCCCn1ncccc1=O. The van der Waals surface area contributed by atoms with Crippen LogP contribution in [0.1, 0.15) is 27.1 Å². The minimum absolute atomic E-state index is 0.0424. The number of carbonyl (C=O) groups is 3. The van der Waals surface area contributed by atoms with E-state index in [-0.39, 0.29) is 23.3 Å². The Morgan fingerprint density at radius 3 is 2.16 bits per heavy atom. The lowest BCUT2D eigenvalue weighted by molar-refractivity contribution is -0.122. The fraction of sp³-hybridized carbons (Fsp3) is 0.370. The van der Waals surface area contributed by atoms with Crippen LogP contribution < -0.4 is 10.9 Å². The molecule has 192 valence electrons. The van der Waals surface area contributed by atoms with Gasteiger partial charge in [-0.15, -0.1) is 0 Å². The van der Waals surface area contributed by atoms with E-state index in [1.165, 1.54) is 15.6 Å². The molecule has 0 aliphatic carbocycles. The average Bonchev–Trinajstić information content (AvgIpc) is 2.91. The third kappa shape index (κ3) is 5.45. The first-order chi connectivity index (χ1) is 18.0. The van der Waals surface area contributed by atoms with Gasteiger partial charge in [0.2, 0.25) is 5.91 Å². The second-order valence-corrected chi connectivity index (χ2v) is 9.38. The van der Waals surface area contributed by atoms with Gasteiger partial charge < -0.3 is 5.32 Å². The third-order valence-electron chi connectivity index (χ3n) is 6.98. The molecule has 2 aromatic carbocycles. The Balaban J connectivity index is 1.05. The normalized spacial score (nSPS) is 16.4. The Morgan fingerprint density at radius 1 is 0.811 bits per heavy atom. The lowest BCUT2D eigenvalue weighted by Crippen LogP contribution is -2.52. The van der Waals surface area contributed by atoms with Crippen LogP contribution >= 0.6 is 0 Å². The van der Waals surface area contributed by atoms with E-state index < -0.39 is 0 Å². The summed E-state index contributed by atoms with van der Waals surface area (Å²) in [6.45, 7) is 5.20. The van der Waals surface area contributed by atoms with Crippen molar-refractivity contribution in [2.45, 2.75) is 13.0 Å². The summed E-state index contributed by atoms with van der Waals surface area (Å²) in [5.74, 6) is -0.519. The average molecular weight is 503 g/mol. The molecule has 0 bridgehead atoms. The quantitative estimate of drug-likeness (QED) is 0.341. The molecule has 0 unspecified atom stereocenters. The number of hydrogen-bond donors (Lipinski definition) is 1. The molecule has 2 aliphatic rings. The summed E-state index contributed by atoms with van der Waals surface area (Å²) in [5.41, 5.74) is 1.01. The van der Waals surface area contributed by atoms with Crippen molar-refractivity contribution in [2.24, 2.45) is 0 Å². The number of imide groups is 1. The maximum atomic E-state index is 13.1. The van der Waals surface area contributed by atoms with Gasteiger partial charge in [-0.1, -0.05) is 24.3 Å². The molecule has 3 amide bonds. The molecule has 10 heteroatoms. The summed E-state index contributed by atoms with van der Waals surface area (Å²) in [4.78, 5) is 55.8. The van der Waals surface area contributed by atoms with Crippen molar-refractivity contribution in [2.75, 3.05) is 52.4 Å². The zero-order chi connectivity index (χ0) is 25.8. The largest absolute Gasteiger partial charge is 0.355 e. The van der Waals surface area contributed by atoms with Crippen molar-refractivity contribution in [3.63, 3.8) is 0 Å². The highest BCUT2D eigenvalue weighted by molar-refractivity contribution is 6.25. The molecule has 3 heterocycles. The summed E-state index contributed by atoms with van der Waals surface area (Å²) >= 11 is 0. The number of rotatable bonds is 9. The maximum absolute atomic E-state index is 13.1. The van der Waals surface area contributed by atoms with E-state index in [0.29, 0.717) is 50.3 Å². The van der Waals surface area contributed by atoms with E-state index >= 15 is 0 Å². The van der Waals surface area contributed by atoms with Gasteiger partial charge in [0.05, 0.1) is 6.54 Å². The fourth-order valence-electron chi connectivity index (χ4n) is 4.97. The van der Waals surface area contributed by atoms with Crippen molar-refractivity contribution in [1.82, 2.24) is 29.8 Å². The van der Waals surface area contributed by atoms with Crippen LogP contribution in [0.25, 0.3) is 10.8 Å². The van der Waals surface area contributed by atoms with Gasteiger partial charge >= 0.3 is 0 Å². The minimum atomic E-state index is -0.238. The summed E-state index contributed by atoms with van der Waals surface area (Å²) in [5, 5.41) is 8.56. The maximum Gasteiger partial charge on any atom is 0.266 e. The van der Waals surface area contributed by atoms with Gasteiger partial charge in [-0.25, -0.2) is 4.68 Å². The Kier molecular flexibility index (Phi) is 7.38. The molecule has 1 saturated heterocycles. The molecule has 5 rings (SSSR count). The van der Waals surface area contributed by atoms with Crippen molar-refractivity contribution in [1.29, 1.82) is 0 Å². The molecule has 10 nitrogen and oxygen atoms in total. The first-order valence-electron chi connectivity index (χ1n) is 12.6. The minimum Gasteiger partial charge on any atom is -0.355 e. The number of nitrogens with zero attached hydrogens (tertiary/aromatic N) is 5. The van der Waals surface area contributed by atoms with Crippen molar-refractivity contribution in [3.8, 4) is 0 Å². The fourth-order valence-corrected chi connectivity index (χ4v) is 4.97. The zero-order valence-corrected chi connectivity index (χ0v) is 20.6. The summed E-state index contributed by atoms with van der Waals surface area (Å²) in [7, 11) is 0. The van der Waals surface area contributed by atoms with Gasteiger partial charge in [0.1, 0.15) is 0 Å². The van der Waals surface area contributed by atoms with Crippen LogP contribution in [0.2, 0.25) is 0 Å².